The van der Waals surface area contributed by atoms with Gasteiger partial charge in [-0.15, -0.1) is 0 Å². The van der Waals surface area contributed by atoms with Crippen molar-refractivity contribution < 1.29 is 9.53 Å². The fraction of sp³-hybridized carbons (Fsp3) is 0.524. The number of carbonyl (C=O) groups is 1. The summed E-state index contributed by atoms with van der Waals surface area (Å²) in [5, 5.41) is 9.55. The molecule has 4 heterocycles. The van der Waals surface area contributed by atoms with Crippen molar-refractivity contribution in [2.75, 3.05) is 43.5 Å². The van der Waals surface area contributed by atoms with Crippen LogP contribution < -0.4 is 16.0 Å². The zero-order valence-electron chi connectivity index (χ0n) is 16.6. The summed E-state index contributed by atoms with van der Waals surface area (Å²) < 4.78 is 5.41. The van der Waals surface area contributed by atoms with Crippen LogP contribution in [0.4, 0.5) is 11.8 Å². The minimum Gasteiger partial charge on any atom is -0.381 e. The van der Waals surface area contributed by atoms with Crippen LogP contribution in [0.3, 0.4) is 0 Å². The summed E-state index contributed by atoms with van der Waals surface area (Å²) in [5.74, 6) is 1.73. The van der Waals surface area contributed by atoms with E-state index in [-0.39, 0.29) is 11.8 Å². The average molecular weight is 396 g/mol. The number of rotatable bonds is 6. The molecule has 0 bridgehead atoms. The zero-order valence-corrected chi connectivity index (χ0v) is 16.6. The second-order valence-electron chi connectivity index (χ2n) is 7.66. The van der Waals surface area contributed by atoms with Gasteiger partial charge in [0.25, 0.3) is 0 Å². The molecule has 2 saturated heterocycles. The summed E-state index contributed by atoms with van der Waals surface area (Å²) in [6.45, 7) is 4.25. The first-order valence-corrected chi connectivity index (χ1v) is 10.4. The zero-order chi connectivity index (χ0) is 19.9. The van der Waals surface area contributed by atoms with Crippen LogP contribution in [0.25, 0.3) is 11.3 Å². The molecule has 0 aromatic carbocycles. The maximum absolute atomic E-state index is 12.4. The van der Waals surface area contributed by atoms with E-state index in [1.807, 2.05) is 18.2 Å². The molecule has 29 heavy (non-hydrogen) atoms. The van der Waals surface area contributed by atoms with E-state index in [0.29, 0.717) is 18.4 Å². The Morgan fingerprint density at radius 3 is 2.86 bits per heavy atom. The molecule has 8 nitrogen and oxygen atoms in total. The lowest BCUT2D eigenvalue weighted by atomic mass is 9.99. The van der Waals surface area contributed by atoms with Gasteiger partial charge in [-0.3, -0.25) is 10.1 Å². The van der Waals surface area contributed by atoms with Crippen LogP contribution in [0.1, 0.15) is 25.7 Å². The fourth-order valence-electron chi connectivity index (χ4n) is 3.75. The Bertz CT molecular complexity index is 818. The molecule has 2 aliphatic rings. The van der Waals surface area contributed by atoms with Gasteiger partial charge in [-0.25, -0.2) is 15.0 Å². The van der Waals surface area contributed by atoms with Crippen LogP contribution in [-0.4, -0.2) is 53.7 Å². The summed E-state index contributed by atoms with van der Waals surface area (Å²) in [7, 11) is 0. The van der Waals surface area contributed by atoms with Gasteiger partial charge in [-0.2, -0.15) is 0 Å². The van der Waals surface area contributed by atoms with E-state index in [9.17, 15) is 4.79 Å². The summed E-state index contributed by atoms with van der Waals surface area (Å²) in [4.78, 5) is 25.6. The summed E-state index contributed by atoms with van der Waals surface area (Å²) in [6, 6.07) is 5.74. The van der Waals surface area contributed by atoms with E-state index < -0.39 is 0 Å². The Balaban J connectivity index is 1.40. The number of pyridine rings is 1. The average Bonchev–Trinajstić information content (AvgIpc) is 2.79. The molecule has 2 fully saturated rings. The van der Waals surface area contributed by atoms with Gasteiger partial charge in [-0.1, -0.05) is 0 Å². The van der Waals surface area contributed by atoms with E-state index >= 15 is 0 Å². The molecule has 0 spiro atoms. The third kappa shape index (κ3) is 5.48. The maximum Gasteiger partial charge on any atom is 0.231 e. The topological polar surface area (TPSA) is 101 Å². The number of nitrogens with one attached hydrogen (secondary N) is 3. The van der Waals surface area contributed by atoms with Crippen molar-refractivity contribution in [1.82, 2.24) is 20.3 Å². The Labute approximate surface area is 170 Å². The molecule has 154 valence electrons. The predicted molar refractivity (Wildman–Crippen MR) is 112 cm³/mol. The fourth-order valence-corrected chi connectivity index (χ4v) is 3.75. The molecule has 2 aliphatic heterocycles. The van der Waals surface area contributed by atoms with Crippen molar-refractivity contribution in [3.05, 3.63) is 30.6 Å². The molecular weight excluding hydrogens is 368 g/mol. The first kappa shape index (κ1) is 19.7. The maximum atomic E-state index is 12.4. The Kier molecular flexibility index (Phi) is 6.63. The number of amides is 1. The molecule has 1 unspecified atom stereocenters. The second-order valence-corrected chi connectivity index (χ2v) is 7.66. The van der Waals surface area contributed by atoms with Crippen LogP contribution in [0.2, 0.25) is 0 Å². The molecule has 4 rings (SSSR count). The van der Waals surface area contributed by atoms with Gasteiger partial charge in [0, 0.05) is 44.3 Å². The lowest BCUT2D eigenvalue weighted by Gasteiger charge is -2.22. The molecule has 0 aliphatic carbocycles. The summed E-state index contributed by atoms with van der Waals surface area (Å²) >= 11 is 0. The molecule has 3 N–H and O–H groups in total. The minimum absolute atomic E-state index is 0.0251. The van der Waals surface area contributed by atoms with Crippen molar-refractivity contribution in [3.63, 3.8) is 0 Å². The third-order valence-electron chi connectivity index (χ3n) is 5.53. The molecule has 2 aromatic heterocycles. The molecule has 8 heteroatoms. The highest BCUT2D eigenvalue weighted by Gasteiger charge is 2.21. The molecule has 1 atom stereocenters. The molecule has 1 amide bonds. The molecule has 0 radical (unpaired) electrons. The lowest BCUT2D eigenvalue weighted by molar-refractivity contribution is -0.120. The number of hydrogen-bond acceptors (Lipinski definition) is 7. The van der Waals surface area contributed by atoms with Crippen LogP contribution in [0.5, 0.6) is 0 Å². The third-order valence-corrected chi connectivity index (χ3v) is 5.53. The first-order valence-electron chi connectivity index (χ1n) is 10.4. The van der Waals surface area contributed by atoms with Gasteiger partial charge in [0.05, 0.1) is 11.6 Å². The van der Waals surface area contributed by atoms with E-state index in [0.717, 1.165) is 69.1 Å². The van der Waals surface area contributed by atoms with Crippen molar-refractivity contribution >= 4 is 17.7 Å². The number of anilines is 2. The number of ether oxygens (including phenoxy) is 1. The predicted octanol–water partition coefficient (Wildman–Crippen LogP) is 2.32. The Morgan fingerprint density at radius 2 is 2.03 bits per heavy atom. The SMILES string of the molecule is O=C(Nc1nccc(-c2ccnc(NCC3CCOCC3)c2)n1)C1CCCNC1. The summed E-state index contributed by atoms with van der Waals surface area (Å²) in [6.07, 6.45) is 7.52. The van der Waals surface area contributed by atoms with Gasteiger partial charge in [0.15, 0.2) is 0 Å². The van der Waals surface area contributed by atoms with Crippen molar-refractivity contribution in [2.24, 2.45) is 11.8 Å². The molecule has 2 aromatic rings. The first-order chi connectivity index (χ1) is 14.3. The second kappa shape index (κ2) is 9.76. The highest BCUT2D eigenvalue weighted by Crippen LogP contribution is 2.21. The highest BCUT2D eigenvalue weighted by atomic mass is 16.5. The van der Waals surface area contributed by atoms with Crippen LogP contribution in [-0.2, 0) is 9.53 Å². The number of piperidine rings is 1. The largest absolute Gasteiger partial charge is 0.381 e. The van der Waals surface area contributed by atoms with Crippen molar-refractivity contribution in [3.8, 4) is 11.3 Å². The minimum atomic E-state index is -0.0297. The molecule has 0 saturated carbocycles. The van der Waals surface area contributed by atoms with Crippen molar-refractivity contribution in [2.45, 2.75) is 25.7 Å². The van der Waals surface area contributed by atoms with Crippen LogP contribution in [0.15, 0.2) is 30.6 Å². The van der Waals surface area contributed by atoms with E-state index in [1.165, 1.54) is 0 Å². The summed E-state index contributed by atoms with van der Waals surface area (Å²) in [5.41, 5.74) is 1.69. The number of nitrogens with zero attached hydrogens (tertiary/aromatic N) is 3. The Hall–Kier alpha value is -2.58. The van der Waals surface area contributed by atoms with E-state index in [4.69, 9.17) is 4.74 Å². The lowest BCUT2D eigenvalue weighted by Crippen LogP contribution is -2.37. The normalized spacial score (nSPS) is 20.2. The van der Waals surface area contributed by atoms with Gasteiger partial charge in [0.1, 0.15) is 5.82 Å². The van der Waals surface area contributed by atoms with Gasteiger partial charge < -0.3 is 15.4 Å². The highest BCUT2D eigenvalue weighted by molar-refractivity contribution is 5.91. The smallest absolute Gasteiger partial charge is 0.231 e. The van der Waals surface area contributed by atoms with Gasteiger partial charge in [-0.05, 0) is 56.3 Å². The monoisotopic (exact) mass is 396 g/mol. The Morgan fingerprint density at radius 1 is 1.17 bits per heavy atom. The number of carbonyl (C=O) groups excluding carboxylic acids is 1. The van der Waals surface area contributed by atoms with E-state index in [1.54, 1.807) is 12.4 Å². The van der Waals surface area contributed by atoms with Gasteiger partial charge >= 0.3 is 0 Å². The van der Waals surface area contributed by atoms with Crippen molar-refractivity contribution in [1.29, 1.82) is 0 Å². The standard InChI is InChI=1S/C21H28N6O2/c28-20(17-2-1-7-22-14-17)27-21-24-9-4-18(26-21)16-3-8-23-19(12-16)25-13-15-5-10-29-11-6-15/h3-4,8-9,12,15,17,22H,1-2,5-7,10-11,13-14H2,(H,23,25)(H,24,26,27,28). The number of hydrogen-bond donors (Lipinski definition) is 3. The number of aromatic nitrogens is 3. The molecular formula is C21H28N6O2. The van der Waals surface area contributed by atoms with E-state index in [2.05, 4.69) is 30.9 Å². The van der Waals surface area contributed by atoms with Gasteiger partial charge in [0.2, 0.25) is 11.9 Å². The van der Waals surface area contributed by atoms with Crippen LogP contribution >= 0.6 is 0 Å². The quantitative estimate of drug-likeness (QED) is 0.689. The van der Waals surface area contributed by atoms with Crippen LogP contribution in [0, 0.1) is 11.8 Å².